The Balaban J connectivity index is 2.34. The molecule has 0 saturated heterocycles. The van der Waals surface area contributed by atoms with Gasteiger partial charge in [0.05, 0.1) is 0 Å². The number of thiazole rings is 1. The van der Waals surface area contributed by atoms with Crippen LogP contribution in [0.15, 0.2) is 24.3 Å². The molecule has 1 heterocycles. The summed E-state index contributed by atoms with van der Waals surface area (Å²) in [6.07, 6.45) is 0. The zero-order chi connectivity index (χ0) is 13.3. The first kappa shape index (κ1) is 12.8. The molecule has 0 aliphatic heterocycles. The minimum absolute atomic E-state index is 0.0133. The van der Waals surface area contributed by atoms with Crippen molar-refractivity contribution in [2.24, 2.45) is 0 Å². The molecule has 4 nitrogen and oxygen atoms in total. The van der Waals surface area contributed by atoms with Gasteiger partial charge in [0.1, 0.15) is 5.82 Å². The van der Waals surface area contributed by atoms with Crippen LogP contribution in [0.5, 0.6) is 0 Å². The van der Waals surface area contributed by atoms with Crippen molar-refractivity contribution in [2.75, 3.05) is 11.9 Å². The van der Waals surface area contributed by atoms with Crippen LogP contribution in [0.25, 0.3) is 0 Å². The Morgan fingerprint density at radius 2 is 2.06 bits per heavy atom. The molecule has 1 N–H and O–H groups in total. The van der Waals surface area contributed by atoms with Crippen LogP contribution < -0.4 is 4.90 Å². The summed E-state index contributed by atoms with van der Waals surface area (Å²) in [6, 6.07) is 5.79. The first-order valence-electron chi connectivity index (χ1n) is 4.88. The minimum Gasteiger partial charge on any atom is -0.477 e. The summed E-state index contributed by atoms with van der Waals surface area (Å²) in [5.74, 6) is -1.45. The lowest BCUT2D eigenvalue weighted by molar-refractivity contribution is 0.0702. The largest absolute Gasteiger partial charge is 0.477 e. The SMILES string of the molecule is CN(c1ccc(F)cc1)c1nc(Cl)c(C(=O)O)s1. The normalized spacial score (nSPS) is 10.4. The first-order valence-corrected chi connectivity index (χ1v) is 6.07. The lowest BCUT2D eigenvalue weighted by atomic mass is 10.3. The molecule has 0 bridgehead atoms. The van der Waals surface area contributed by atoms with Gasteiger partial charge in [0.15, 0.2) is 15.2 Å². The van der Waals surface area contributed by atoms with Crippen molar-refractivity contribution in [1.82, 2.24) is 4.98 Å². The quantitative estimate of drug-likeness (QED) is 0.939. The summed E-state index contributed by atoms with van der Waals surface area (Å²) in [7, 11) is 1.70. The molecule has 0 spiro atoms. The molecule has 0 aliphatic rings. The molecule has 1 aromatic carbocycles. The molecule has 0 amide bonds. The van der Waals surface area contributed by atoms with Crippen LogP contribution in [-0.2, 0) is 0 Å². The van der Waals surface area contributed by atoms with Gasteiger partial charge in [0.25, 0.3) is 0 Å². The second kappa shape index (κ2) is 4.91. The molecule has 0 atom stereocenters. The summed E-state index contributed by atoms with van der Waals surface area (Å²) >= 11 is 6.69. The zero-order valence-electron chi connectivity index (χ0n) is 9.22. The molecule has 2 rings (SSSR count). The molecular weight excluding hydrogens is 279 g/mol. The van der Waals surface area contributed by atoms with E-state index < -0.39 is 5.97 Å². The van der Waals surface area contributed by atoms with E-state index in [1.54, 1.807) is 24.1 Å². The maximum absolute atomic E-state index is 12.8. The predicted molar refractivity (Wildman–Crippen MR) is 68.5 cm³/mol. The second-order valence-electron chi connectivity index (χ2n) is 3.46. The molecular formula is C11H8ClFN2O2S. The lowest BCUT2D eigenvalue weighted by Crippen LogP contribution is -2.08. The van der Waals surface area contributed by atoms with Crippen LogP contribution in [0.2, 0.25) is 5.15 Å². The number of anilines is 2. The van der Waals surface area contributed by atoms with Crippen LogP contribution in [0.3, 0.4) is 0 Å². The second-order valence-corrected chi connectivity index (χ2v) is 4.79. The minimum atomic E-state index is -1.11. The van der Waals surface area contributed by atoms with Gasteiger partial charge >= 0.3 is 5.97 Å². The van der Waals surface area contributed by atoms with Crippen LogP contribution in [0.1, 0.15) is 9.67 Å². The van der Waals surface area contributed by atoms with Crippen molar-refractivity contribution in [3.8, 4) is 0 Å². The fourth-order valence-electron chi connectivity index (χ4n) is 1.34. The Labute approximate surface area is 111 Å². The van der Waals surface area contributed by atoms with Gasteiger partial charge in [-0.15, -0.1) is 0 Å². The van der Waals surface area contributed by atoms with Gasteiger partial charge in [-0.1, -0.05) is 22.9 Å². The van der Waals surface area contributed by atoms with Crippen LogP contribution >= 0.6 is 22.9 Å². The Kier molecular flexibility index (Phi) is 3.49. The summed E-state index contributed by atoms with van der Waals surface area (Å²) in [6.45, 7) is 0. The molecule has 0 fully saturated rings. The molecule has 18 heavy (non-hydrogen) atoms. The molecule has 1 aromatic heterocycles. The van der Waals surface area contributed by atoms with Gasteiger partial charge < -0.3 is 10.0 Å². The number of aromatic nitrogens is 1. The molecule has 2 aromatic rings. The molecule has 0 unspecified atom stereocenters. The third-order valence-electron chi connectivity index (χ3n) is 2.27. The maximum atomic E-state index is 12.8. The third kappa shape index (κ3) is 2.44. The van der Waals surface area contributed by atoms with Crippen LogP contribution in [0.4, 0.5) is 15.2 Å². The number of carboxylic acids is 1. The fourth-order valence-corrected chi connectivity index (χ4v) is 2.45. The molecule has 7 heteroatoms. The van der Waals surface area contributed by atoms with Gasteiger partial charge in [0, 0.05) is 12.7 Å². The van der Waals surface area contributed by atoms with E-state index in [0.29, 0.717) is 10.8 Å². The van der Waals surface area contributed by atoms with Gasteiger partial charge in [-0.3, -0.25) is 0 Å². The van der Waals surface area contributed by atoms with Crippen molar-refractivity contribution in [3.63, 3.8) is 0 Å². The maximum Gasteiger partial charge on any atom is 0.349 e. The summed E-state index contributed by atoms with van der Waals surface area (Å²) < 4.78 is 12.8. The number of hydrogen-bond donors (Lipinski definition) is 1. The van der Waals surface area contributed by atoms with Gasteiger partial charge in [-0.2, -0.15) is 0 Å². The number of carboxylic acid groups (broad SMARTS) is 1. The van der Waals surface area contributed by atoms with E-state index in [1.807, 2.05) is 0 Å². The molecule has 0 aliphatic carbocycles. The monoisotopic (exact) mass is 286 g/mol. The van der Waals surface area contributed by atoms with Gasteiger partial charge in [-0.05, 0) is 24.3 Å². The number of nitrogens with zero attached hydrogens (tertiary/aromatic N) is 2. The van der Waals surface area contributed by atoms with E-state index in [0.717, 1.165) is 11.3 Å². The lowest BCUT2D eigenvalue weighted by Gasteiger charge is -2.15. The van der Waals surface area contributed by atoms with E-state index >= 15 is 0 Å². The smallest absolute Gasteiger partial charge is 0.349 e. The number of halogens is 2. The Morgan fingerprint density at radius 3 is 2.56 bits per heavy atom. The van der Waals surface area contributed by atoms with Crippen molar-refractivity contribution in [1.29, 1.82) is 0 Å². The van der Waals surface area contributed by atoms with E-state index in [1.165, 1.54) is 12.1 Å². The Bertz CT molecular complexity index is 585. The summed E-state index contributed by atoms with van der Waals surface area (Å²) in [4.78, 5) is 16.5. The van der Waals surface area contributed by atoms with Crippen molar-refractivity contribution in [2.45, 2.75) is 0 Å². The molecule has 0 radical (unpaired) electrons. The molecule has 0 saturated carbocycles. The number of rotatable bonds is 3. The van der Waals surface area contributed by atoms with Crippen molar-refractivity contribution in [3.05, 3.63) is 40.1 Å². The average Bonchev–Trinajstić information content (AvgIpc) is 2.71. The van der Waals surface area contributed by atoms with Crippen LogP contribution in [-0.4, -0.2) is 23.1 Å². The highest BCUT2D eigenvalue weighted by atomic mass is 35.5. The topological polar surface area (TPSA) is 53.4 Å². The highest BCUT2D eigenvalue weighted by molar-refractivity contribution is 7.18. The third-order valence-corrected chi connectivity index (χ3v) is 3.77. The number of carbonyl (C=O) groups is 1. The Hall–Kier alpha value is -1.66. The van der Waals surface area contributed by atoms with Gasteiger partial charge in [-0.25, -0.2) is 14.2 Å². The Morgan fingerprint density at radius 1 is 1.44 bits per heavy atom. The first-order chi connectivity index (χ1) is 8.49. The number of aromatic carboxylic acids is 1. The summed E-state index contributed by atoms with van der Waals surface area (Å²) in [5.41, 5.74) is 0.693. The highest BCUT2D eigenvalue weighted by Gasteiger charge is 2.18. The molecule has 94 valence electrons. The van der Waals surface area contributed by atoms with E-state index in [-0.39, 0.29) is 15.8 Å². The van der Waals surface area contributed by atoms with Gasteiger partial charge in [0.2, 0.25) is 0 Å². The van der Waals surface area contributed by atoms with E-state index in [4.69, 9.17) is 16.7 Å². The average molecular weight is 287 g/mol. The van der Waals surface area contributed by atoms with E-state index in [2.05, 4.69) is 4.98 Å². The van der Waals surface area contributed by atoms with Crippen LogP contribution in [0, 0.1) is 5.82 Å². The standard InChI is InChI=1S/C11H8ClFN2O2S/c1-15(7-4-2-6(13)3-5-7)11-14-9(12)8(18-11)10(16)17/h2-5H,1H3,(H,16,17). The zero-order valence-corrected chi connectivity index (χ0v) is 10.8. The highest BCUT2D eigenvalue weighted by Crippen LogP contribution is 2.32. The number of benzene rings is 1. The van der Waals surface area contributed by atoms with Crippen molar-refractivity contribution < 1.29 is 14.3 Å². The fraction of sp³-hybridized carbons (Fsp3) is 0.0909. The van der Waals surface area contributed by atoms with E-state index in [9.17, 15) is 9.18 Å². The number of hydrogen-bond acceptors (Lipinski definition) is 4. The summed E-state index contributed by atoms with van der Waals surface area (Å²) in [5, 5.41) is 9.27. The predicted octanol–water partition coefficient (Wildman–Crippen LogP) is 3.40. The van der Waals surface area contributed by atoms with Crippen molar-refractivity contribution >= 4 is 39.7 Å².